The number of nitrogens with zero attached hydrogens (tertiary/aromatic N) is 1. The molecule has 0 saturated carbocycles. The largest absolute Gasteiger partial charge is 0.385 e. The molecule has 1 fully saturated rings. The third kappa shape index (κ3) is 6.23. The van der Waals surface area contributed by atoms with Crippen molar-refractivity contribution in [1.29, 1.82) is 0 Å². The van der Waals surface area contributed by atoms with E-state index >= 15 is 0 Å². The van der Waals surface area contributed by atoms with E-state index in [1.807, 2.05) is 0 Å². The Labute approximate surface area is 275 Å². The van der Waals surface area contributed by atoms with Crippen molar-refractivity contribution in [2.45, 2.75) is 58.4 Å². The lowest BCUT2D eigenvalue weighted by molar-refractivity contribution is -0.136. The molecule has 12 nitrogen and oxygen atoms in total. The minimum Gasteiger partial charge on any atom is -0.385 e. The Hall–Kier alpha value is -5.59. The Morgan fingerprint density at radius 3 is 2.44 bits per heavy atom. The number of anilines is 2. The van der Waals surface area contributed by atoms with Crippen LogP contribution in [0.3, 0.4) is 0 Å². The lowest BCUT2D eigenvalue weighted by Crippen LogP contribution is -2.54. The number of unbranched alkanes of at least 4 members (excludes halogenated alkanes) is 3. The van der Waals surface area contributed by atoms with Crippen molar-refractivity contribution in [2.75, 3.05) is 23.7 Å². The second-order valence-corrected chi connectivity index (χ2v) is 12.2. The van der Waals surface area contributed by atoms with E-state index in [1.54, 1.807) is 38.1 Å². The average molecular weight is 655 g/mol. The molecule has 3 aromatic rings. The SMILES string of the molecule is Cc1[nH]c(C=C2C(=O)Nc3ccc(F)cc32)c(C)c1C(=O)NCCCCCCNc1ccc2c(c1)C(=O)N(C1CCC(=O)NC1=O)C2=O. The maximum atomic E-state index is 13.8. The molecule has 1 unspecified atom stereocenters. The Morgan fingerprint density at radius 2 is 1.67 bits per heavy atom. The first-order valence-corrected chi connectivity index (χ1v) is 15.9. The fraction of sp³-hybridized carbons (Fsp3) is 0.314. The third-order valence-electron chi connectivity index (χ3n) is 8.91. The fourth-order valence-corrected chi connectivity index (χ4v) is 6.41. The molecule has 0 radical (unpaired) electrons. The standard InChI is InChI=1S/C35H35FN6O6/c1-18-27(17-24-23-15-20(36)7-10-26(23)40-31(24)44)39-19(2)30(18)33(46)38-14-6-4-3-5-13-37-21-8-9-22-25(16-21)35(48)42(34(22)47)28-11-12-29(43)41-32(28)45/h7-10,15-17,28,37,39H,3-6,11-14H2,1-2H3,(H,38,46)(H,40,44)(H,41,43,45). The molecular weight excluding hydrogens is 619 g/mol. The quantitative estimate of drug-likeness (QED) is 0.118. The van der Waals surface area contributed by atoms with Gasteiger partial charge in [0.15, 0.2) is 0 Å². The maximum absolute atomic E-state index is 13.8. The second kappa shape index (κ2) is 13.3. The summed E-state index contributed by atoms with van der Waals surface area (Å²) in [5.41, 5.74) is 4.98. The number of hydrogen-bond acceptors (Lipinski definition) is 7. The molecule has 5 N–H and O–H groups in total. The van der Waals surface area contributed by atoms with Crippen LogP contribution in [0, 0.1) is 19.7 Å². The average Bonchev–Trinajstić information content (AvgIpc) is 3.60. The minimum absolute atomic E-state index is 0.0674. The maximum Gasteiger partial charge on any atom is 0.262 e. The van der Waals surface area contributed by atoms with Crippen LogP contribution >= 0.6 is 0 Å². The van der Waals surface area contributed by atoms with Gasteiger partial charge in [-0.05, 0) is 81.1 Å². The summed E-state index contributed by atoms with van der Waals surface area (Å²) in [6.45, 7) is 4.73. The van der Waals surface area contributed by atoms with Gasteiger partial charge in [0, 0.05) is 47.8 Å². The first-order valence-electron chi connectivity index (χ1n) is 15.9. The molecule has 4 heterocycles. The topological polar surface area (TPSA) is 170 Å². The number of halogens is 1. The zero-order chi connectivity index (χ0) is 34.1. The van der Waals surface area contributed by atoms with Gasteiger partial charge >= 0.3 is 0 Å². The highest BCUT2D eigenvalue weighted by Gasteiger charge is 2.44. The summed E-state index contributed by atoms with van der Waals surface area (Å²) in [7, 11) is 0. The molecule has 6 rings (SSSR count). The first kappa shape index (κ1) is 32.4. The summed E-state index contributed by atoms with van der Waals surface area (Å²) in [5.74, 6) is -3.13. The summed E-state index contributed by atoms with van der Waals surface area (Å²) >= 11 is 0. The van der Waals surface area contributed by atoms with E-state index in [-0.39, 0.29) is 35.8 Å². The summed E-state index contributed by atoms with van der Waals surface area (Å²) < 4.78 is 13.8. The van der Waals surface area contributed by atoms with Crippen LogP contribution in [0.4, 0.5) is 15.8 Å². The van der Waals surface area contributed by atoms with Gasteiger partial charge in [-0.15, -0.1) is 0 Å². The summed E-state index contributed by atoms with van der Waals surface area (Å²) in [6, 6.07) is 8.04. The van der Waals surface area contributed by atoms with Crippen LogP contribution < -0.4 is 21.3 Å². The number of carbonyl (C=O) groups excluding carboxylic acids is 6. The Kier molecular flexibility index (Phi) is 8.94. The number of carbonyl (C=O) groups is 6. The molecule has 6 amide bonds. The van der Waals surface area contributed by atoms with Gasteiger partial charge in [0.05, 0.1) is 22.3 Å². The number of nitrogens with one attached hydrogen (secondary N) is 5. The van der Waals surface area contributed by atoms with Crippen molar-refractivity contribution < 1.29 is 33.2 Å². The molecule has 0 aliphatic carbocycles. The van der Waals surface area contributed by atoms with Gasteiger partial charge in [-0.3, -0.25) is 39.0 Å². The van der Waals surface area contributed by atoms with E-state index in [0.717, 1.165) is 30.6 Å². The highest BCUT2D eigenvalue weighted by atomic mass is 19.1. The van der Waals surface area contributed by atoms with Crippen LogP contribution in [-0.2, 0) is 14.4 Å². The number of fused-ring (bicyclic) bond motifs is 2. The molecule has 48 heavy (non-hydrogen) atoms. The van der Waals surface area contributed by atoms with Gasteiger partial charge in [0.25, 0.3) is 23.6 Å². The van der Waals surface area contributed by atoms with Crippen molar-refractivity contribution in [2.24, 2.45) is 0 Å². The molecule has 13 heteroatoms. The molecule has 1 saturated heterocycles. The highest BCUT2D eigenvalue weighted by molar-refractivity contribution is 6.35. The van der Waals surface area contributed by atoms with Gasteiger partial charge in [-0.1, -0.05) is 12.8 Å². The van der Waals surface area contributed by atoms with Crippen molar-refractivity contribution in [3.05, 3.63) is 81.4 Å². The summed E-state index contributed by atoms with van der Waals surface area (Å²) in [4.78, 5) is 79.3. The summed E-state index contributed by atoms with van der Waals surface area (Å²) in [6.07, 6.45) is 5.22. The third-order valence-corrected chi connectivity index (χ3v) is 8.91. The molecule has 3 aliphatic heterocycles. The van der Waals surface area contributed by atoms with Crippen LogP contribution in [0.15, 0.2) is 36.4 Å². The number of imide groups is 2. The lowest BCUT2D eigenvalue weighted by atomic mass is 10.0. The molecule has 1 atom stereocenters. The van der Waals surface area contributed by atoms with Crippen LogP contribution in [0.1, 0.15) is 92.1 Å². The first-order chi connectivity index (χ1) is 23.0. The van der Waals surface area contributed by atoms with E-state index in [1.165, 1.54) is 18.2 Å². The number of amides is 6. The summed E-state index contributed by atoms with van der Waals surface area (Å²) in [5, 5.41) is 11.2. The number of H-pyrrole nitrogens is 1. The Bertz CT molecular complexity index is 1910. The molecule has 2 aromatic carbocycles. The van der Waals surface area contributed by atoms with Gasteiger partial charge in [0.2, 0.25) is 11.8 Å². The van der Waals surface area contributed by atoms with E-state index < -0.39 is 35.5 Å². The molecular formula is C35H35FN6O6. The van der Waals surface area contributed by atoms with Gasteiger partial charge in [0.1, 0.15) is 11.9 Å². The smallest absolute Gasteiger partial charge is 0.262 e. The fourth-order valence-electron chi connectivity index (χ4n) is 6.41. The van der Waals surface area contributed by atoms with Crippen molar-refractivity contribution in [3.63, 3.8) is 0 Å². The number of rotatable bonds is 11. The number of hydrogen-bond donors (Lipinski definition) is 5. The molecule has 0 bridgehead atoms. The predicted molar refractivity (Wildman–Crippen MR) is 176 cm³/mol. The van der Waals surface area contributed by atoms with Crippen molar-refractivity contribution in [3.8, 4) is 0 Å². The minimum atomic E-state index is -0.999. The number of aromatic amines is 1. The highest BCUT2D eigenvalue weighted by Crippen LogP contribution is 2.34. The number of piperidine rings is 1. The zero-order valence-corrected chi connectivity index (χ0v) is 26.6. The Morgan fingerprint density at radius 1 is 0.917 bits per heavy atom. The van der Waals surface area contributed by atoms with E-state index in [2.05, 4.69) is 26.3 Å². The van der Waals surface area contributed by atoms with E-state index in [9.17, 15) is 33.2 Å². The molecule has 0 spiro atoms. The second-order valence-electron chi connectivity index (χ2n) is 12.2. The number of aromatic nitrogens is 1. The number of benzene rings is 2. The van der Waals surface area contributed by atoms with E-state index in [0.29, 0.717) is 58.1 Å². The number of aryl methyl sites for hydroxylation is 1. The van der Waals surface area contributed by atoms with Crippen molar-refractivity contribution >= 4 is 58.5 Å². The van der Waals surface area contributed by atoms with Crippen LogP contribution in [-0.4, -0.2) is 64.5 Å². The van der Waals surface area contributed by atoms with Gasteiger partial charge in [-0.2, -0.15) is 0 Å². The van der Waals surface area contributed by atoms with Crippen LogP contribution in [0.5, 0.6) is 0 Å². The van der Waals surface area contributed by atoms with Crippen LogP contribution in [0.25, 0.3) is 11.6 Å². The van der Waals surface area contributed by atoms with E-state index in [4.69, 9.17) is 0 Å². The van der Waals surface area contributed by atoms with Gasteiger partial charge in [-0.25, -0.2) is 4.39 Å². The normalized spacial score (nSPS) is 17.8. The Balaban J connectivity index is 0.943. The molecule has 3 aliphatic rings. The lowest BCUT2D eigenvalue weighted by Gasteiger charge is -2.27. The van der Waals surface area contributed by atoms with Crippen LogP contribution in [0.2, 0.25) is 0 Å². The van der Waals surface area contributed by atoms with Crippen molar-refractivity contribution in [1.82, 2.24) is 20.5 Å². The zero-order valence-electron chi connectivity index (χ0n) is 26.6. The van der Waals surface area contributed by atoms with Gasteiger partial charge < -0.3 is 20.9 Å². The molecule has 1 aromatic heterocycles. The molecule has 248 valence electrons. The predicted octanol–water partition coefficient (Wildman–Crippen LogP) is 4.07. The monoisotopic (exact) mass is 654 g/mol.